The zero-order valence-corrected chi connectivity index (χ0v) is 33.0. The van der Waals surface area contributed by atoms with E-state index in [0.717, 1.165) is 55.7 Å². The van der Waals surface area contributed by atoms with Gasteiger partial charge in [-0.1, -0.05) is 146 Å². The molecule has 0 atom stereocenters. The summed E-state index contributed by atoms with van der Waals surface area (Å²) in [6.07, 6.45) is 0. The highest BCUT2D eigenvalue weighted by Gasteiger charge is 2.18. The number of hydrogen-bond acceptors (Lipinski definition) is 5. The van der Waals surface area contributed by atoms with Crippen molar-refractivity contribution in [2.75, 3.05) is 0 Å². The average Bonchev–Trinajstić information content (AvgIpc) is 3.89. The van der Waals surface area contributed by atoms with Gasteiger partial charge in [-0.2, -0.15) is 0 Å². The van der Waals surface area contributed by atoms with Crippen LogP contribution in [0.5, 0.6) is 0 Å². The number of aromatic nitrogens is 5. The van der Waals surface area contributed by atoms with E-state index in [1.807, 2.05) is 41.7 Å². The largest absolute Gasteiger partial charge is 0.309 e. The van der Waals surface area contributed by atoms with Gasteiger partial charge in [0.05, 0.1) is 26.9 Å². The summed E-state index contributed by atoms with van der Waals surface area (Å²) in [5.74, 6) is 1.88. The molecule has 0 spiro atoms. The SMILES string of the molecule is c1ccc(-c2nc(-c3ccc(-c4ccc5nc(-c6ccccc6)c6sc7ccccc7c6c5c4)cc3)nc(-c3ccc(-n4c5ccccc5c5ccccc54)cc3)n2)cc1. The first kappa shape index (κ1) is 34.3. The van der Waals surface area contributed by atoms with Gasteiger partial charge in [-0.25, -0.2) is 19.9 Å². The normalized spacial score (nSPS) is 11.7. The van der Waals surface area contributed by atoms with E-state index in [2.05, 4.69) is 174 Å². The Hall–Kier alpha value is -7.80. The minimum atomic E-state index is 0.625. The van der Waals surface area contributed by atoms with Gasteiger partial charge >= 0.3 is 0 Å². The van der Waals surface area contributed by atoms with Crippen LogP contribution in [0.3, 0.4) is 0 Å². The molecule has 0 unspecified atom stereocenters. The molecule has 0 aliphatic heterocycles. The molecule has 60 heavy (non-hydrogen) atoms. The van der Waals surface area contributed by atoms with Crippen LogP contribution in [0.4, 0.5) is 0 Å². The quantitative estimate of drug-likeness (QED) is 0.169. The molecule has 0 aliphatic carbocycles. The summed E-state index contributed by atoms with van der Waals surface area (Å²) in [7, 11) is 0. The lowest BCUT2D eigenvalue weighted by Gasteiger charge is -2.11. The summed E-state index contributed by atoms with van der Waals surface area (Å²) in [5, 5.41) is 6.15. The van der Waals surface area contributed by atoms with Crippen molar-refractivity contribution in [3.63, 3.8) is 0 Å². The highest BCUT2D eigenvalue weighted by molar-refractivity contribution is 7.26. The number of fused-ring (bicyclic) bond motifs is 8. The Labute approximate surface area is 349 Å². The van der Waals surface area contributed by atoms with E-state index >= 15 is 0 Å². The molecule has 280 valence electrons. The van der Waals surface area contributed by atoms with Crippen molar-refractivity contribution in [2.45, 2.75) is 0 Å². The van der Waals surface area contributed by atoms with Crippen molar-refractivity contribution in [1.82, 2.24) is 24.5 Å². The van der Waals surface area contributed by atoms with Crippen molar-refractivity contribution in [3.05, 3.63) is 200 Å². The maximum Gasteiger partial charge on any atom is 0.164 e. The predicted octanol–water partition coefficient (Wildman–Crippen LogP) is 14.2. The molecule has 0 saturated heterocycles. The van der Waals surface area contributed by atoms with Gasteiger partial charge in [0, 0.05) is 59.6 Å². The molecule has 0 N–H and O–H groups in total. The van der Waals surface area contributed by atoms with Crippen LogP contribution in [0.15, 0.2) is 200 Å². The number of rotatable bonds is 6. The number of nitrogens with zero attached hydrogens (tertiary/aromatic N) is 5. The number of pyridine rings is 1. The molecule has 0 saturated carbocycles. The van der Waals surface area contributed by atoms with Crippen LogP contribution in [-0.4, -0.2) is 24.5 Å². The van der Waals surface area contributed by atoms with E-state index in [0.29, 0.717) is 17.5 Å². The summed E-state index contributed by atoms with van der Waals surface area (Å²) in [6, 6.07) is 70.2. The fraction of sp³-hybridized carbons (Fsp3) is 0. The van der Waals surface area contributed by atoms with Crippen LogP contribution in [0.25, 0.3) is 115 Å². The third-order valence-electron chi connectivity index (χ3n) is 11.5. The number of para-hydroxylation sites is 2. The molecule has 0 radical (unpaired) electrons. The molecule has 0 amide bonds. The molecule has 0 fully saturated rings. The van der Waals surface area contributed by atoms with Crippen LogP contribution in [0, 0.1) is 0 Å². The first-order chi connectivity index (χ1) is 29.7. The summed E-state index contributed by atoms with van der Waals surface area (Å²) in [5.41, 5.74) is 11.6. The molecule has 12 rings (SSSR count). The van der Waals surface area contributed by atoms with Crippen molar-refractivity contribution < 1.29 is 0 Å². The maximum absolute atomic E-state index is 5.25. The van der Waals surface area contributed by atoms with E-state index in [4.69, 9.17) is 19.9 Å². The van der Waals surface area contributed by atoms with Gasteiger partial charge in [-0.15, -0.1) is 11.3 Å². The molecule has 6 heteroatoms. The second kappa shape index (κ2) is 13.9. The van der Waals surface area contributed by atoms with E-state index in [1.54, 1.807) is 0 Å². The third-order valence-corrected chi connectivity index (χ3v) is 12.6. The Bertz CT molecular complexity index is 3520. The Kier molecular flexibility index (Phi) is 7.96. The first-order valence-electron chi connectivity index (χ1n) is 20.1. The van der Waals surface area contributed by atoms with E-state index in [1.165, 1.54) is 42.0 Å². The molecular formula is C54H33N5S. The van der Waals surface area contributed by atoms with Crippen molar-refractivity contribution in [3.8, 4) is 62.2 Å². The van der Waals surface area contributed by atoms with Crippen LogP contribution in [-0.2, 0) is 0 Å². The lowest BCUT2D eigenvalue weighted by Crippen LogP contribution is -2.00. The molecule has 12 aromatic rings. The number of hydrogen-bond donors (Lipinski definition) is 0. The zero-order chi connectivity index (χ0) is 39.6. The van der Waals surface area contributed by atoms with E-state index < -0.39 is 0 Å². The summed E-state index contributed by atoms with van der Waals surface area (Å²) in [4.78, 5) is 20.4. The maximum atomic E-state index is 5.25. The van der Waals surface area contributed by atoms with Crippen molar-refractivity contribution in [1.29, 1.82) is 0 Å². The second-order valence-electron chi connectivity index (χ2n) is 15.0. The van der Waals surface area contributed by atoms with Gasteiger partial charge < -0.3 is 4.57 Å². The summed E-state index contributed by atoms with van der Waals surface area (Å²) < 4.78 is 4.80. The summed E-state index contributed by atoms with van der Waals surface area (Å²) >= 11 is 1.82. The molecular weight excluding hydrogens is 751 g/mol. The number of benzene rings is 8. The van der Waals surface area contributed by atoms with Crippen LogP contribution in [0.2, 0.25) is 0 Å². The standard InChI is InChI=1S/C54H33N5S/c1-3-13-35(14-4-1)50-51-49(43-19-9-12-22-48(43)60-51)44-33-39(29-32-45(44)55-50)34-23-25-37(26-24-34)53-56-52(36-15-5-2-6-16-36)57-54(58-53)38-27-30-40(31-28-38)59-46-20-10-7-17-41(46)42-18-8-11-21-47(42)59/h1-33H. The Morgan fingerprint density at radius 1 is 0.350 bits per heavy atom. The second-order valence-corrected chi connectivity index (χ2v) is 16.1. The van der Waals surface area contributed by atoms with Crippen LogP contribution >= 0.6 is 11.3 Å². The highest BCUT2D eigenvalue weighted by atomic mass is 32.1. The van der Waals surface area contributed by atoms with Gasteiger partial charge in [-0.3, -0.25) is 0 Å². The van der Waals surface area contributed by atoms with Crippen LogP contribution < -0.4 is 0 Å². The van der Waals surface area contributed by atoms with Crippen molar-refractivity contribution >= 4 is 64.2 Å². The molecule has 4 heterocycles. The molecule has 0 bridgehead atoms. The third kappa shape index (κ3) is 5.69. The van der Waals surface area contributed by atoms with Gasteiger partial charge in [0.2, 0.25) is 0 Å². The lowest BCUT2D eigenvalue weighted by molar-refractivity contribution is 1.07. The predicted molar refractivity (Wildman–Crippen MR) is 250 cm³/mol. The zero-order valence-electron chi connectivity index (χ0n) is 32.2. The lowest BCUT2D eigenvalue weighted by atomic mass is 9.98. The summed E-state index contributed by atoms with van der Waals surface area (Å²) in [6.45, 7) is 0. The monoisotopic (exact) mass is 783 g/mol. The van der Waals surface area contributed by atoms with E-state index in [9.17, 15) is 0 Å². The fourth-order valence-electron chi connectivity index (χ4n) is 8.58. The van der Waals surface area contributed by atoms with Gasteiger partial charge in [-0.05, 0) is 65.7 Å². The van der Waals surface area contributed by atoms with Gasteiger partial charge in [0.1, 0.15) is 0 Å². The molecule has 8 aromatic carbocycles. The minimum absolute atomic E-state index is 0.625. The van der Waals surface area contributed by atoms with Crippen molar-refractivity contribution in [2.24, 2.45) is 0 Å². The molecule has 5 nitrogen and oxygen atoms in total. The van der Waals surface area contributed by atoms with Gasteiger partial charge in [0.25, 0.3) is 0 Å². The Balaban J connectivity index is 0.935. The van der Waals surface area contributed by atoms with Crippen LogP contribution in [0.1, 0.15) is 0 Å². The van der Waals surface area contributed by atoms with E-state index in [-0.39, 0.29) is 0 Å². The smallest absolute Gasteiger partial charge is 0.164 e. The minimum Gasteiger partial charge on any atom is -0.309 e. The first-order valence-corrected chi connectivity index (χ1v) is 20.9. The molecule has 4 aromatic heterocycles. The molecule has 0 aliphatic rings. The Morgan fingerprint density at radius 2 is 0.833 bits per heavy atom. The fourth-order valence-corrected chi connectivity index (χ4v) is 9.81. The highest BCUT2D eigenvalue weighted by Crippen LogP contribution is 2.43. The number of thiophene rings is 1. The Morgan fingerprint density at radius 3 is 1.47 bits per heavy atom. The average molecular weight is 784 g/mol. The topological polar surface area (TPSA) is 56.5 Å². The van der Waals surface area contributed by atoms with Gasteiger partial charge in [0.15, 0.2) is 17.5 Å².